The van der Waals surface area contributed by atoms with Gasteiger partial charge in [0, 0.05) is 12.3 Å². The molecular formula is C19H21F4N3O3. The van der Waals surface area contributed by atoms with E-state index in [4.69, 9.17) is 9.47 Å². The lowest BCUT2D eigenvalue weighted by molar-refractivity contribution is -0.190. The van der Waals surface area contributed by atoms with Crippen molar-refractivity contribution in [2.45, 2.75) is 51.8 Å². The Morgan fingerprint density at radius 3 is 2.45 bits per heavy atom. The van der Waals surface area contributed by atoms with E-state index < -0.39 is 29.1 Å². The third kappa shape index (κ3) is 4.86. The molecule has 0 atom stereocenters. The number of carbonyl (C=O) groups is 1. The number of hydrogen-bond acceptors (Lipinski definition) is 5. The molecule has 10 heteroatoms. The smallest absolute Gasteiger partial charge is 0.394 e. The molecule has 1 aliphatic rings. The normalized spacial score (nSPS) is 15.8. The number of halogens is 4. The van der Waals surface area contributed by atoms with Crippen LogP contribution in [0.5, 0.6) is 5.88 Å². The predicted molar refractivity (Wildman–Crippen MR) is 94.3 cm³/mol. The molecule has 29 heavy (non-hydrogen) atoms. The number of alkyl halides is 3. The lowest BCUT2D eigenvalue weighted by Crippen LogP contribution is -2.26. The summed E-state index contributed by atoms with van der Waals surface area (Å²) in [7, 11) is 0. The lowest BCUT2D eigenvalue weighted by atomic mass is 10.0. The minimum Gasteiger partial charge on any atom is -0.477 e. The third-order valence-electron chi connectivity index (χ3n) is 4.54. The van der Waals surface area contributed by atoms with Crippen LogP contribution in [0.3, 0.4) is 0 Å². The van der Waals surface area contributed by atoms with Gasteiger partial charge >= 0.3 is 12.1 Å². The molecular weight excluding hydrogens is 394 g/mol. The second-order valence-electron chi connectivity index (χ2n) is 7.98. The van der Waals surface area contributed by atoms with Gasteiger partial charge in [0.25, 0.3) is 0 Å². The van der Waals surface area contributed by atoms with E-state index in [9.17, 15) is 22.4 Å². The zero-order valence-electron chi connectivity index (χ0n) is 16.2. The highest BCUT2D eigenvalue weighted by Gasteiger charge is 2.62. The van der Waals surface area contributed by atoms with E-state index in [1.165, 1.54) is 29.1 Å². The van der Waals surface area contributed by atoms with Gasteiger partial charge < -0.3 is 9.47 Å². The molecule has 6 nitrogen and oxygen atoms in total. The summed E-state index contributed by atoms with van der Waals surface area (Å²) in [4.78, 5) is 15.7. The molecule has 0 radical (unpaired) electrons. The Balaban J connectivity index is 1.63. The van der Waals surface area contributed by atoms with Crippen LogP contribution in [0, 0.1) is 11.4 Å². The van der Waals surface area contributed by atoms with Crippen molar-refractivity contribution in [2.75, 3.05) is 6.61 Å². The van der Waals surface area contributed by atoms with Crippen LogP contribution in [0.2, 0.25) is 0 Å². The molecule has 0 aliphatic heterocycles. The molecule has 158 valence electrons. The first-order chi connectivity index (χ1) is 13.4. The summed E-state index contributed by atoms with van der Waals surface area (Å²) in [5.74, 6) is -1.67. The van der Waals surface area contributed by atoms with Crippen LogP contribution in [0.1, 0.15) is 50.4 Å². The van der Waals surface area contributed by atoms with Gasteiger partial charge in [-0.05, 0) is 52.2 Å². The van der Waals surface area contributed by atoms with Gasteiger partial charge in [-0.3, -0.25) is 0 Å². The van der Waals surface area contributed by atoms with Crippen LogP contribution < -0.4 is 4.74 Å². The minimum atomic E-state index is -4.23. The predicted octanol–water partition coefficient (Wildman–Crippen LogP) is 4.47. The van der Waals surface area contributed by atoms with Crippen molar-refractivity contribution in [3.8, 4) is 11.7 Å². The van der Waals surface area contributed by atoms with Crippen molar-refractivity contribution >= 4 is 5.97 Å². The van der Waals surface area contributed by atoms with E-state index >= 15 is 0 Å². The average molecular weight is 415 g/mol. The first-order valence-electron chi connectivity index (χ1n) is 9.06. The van der Waals surface area contributed by atoms with Gasteiger partial charge in [0.2, 0.25) is 11.8 Å². The average Bonchev–Trinajstić information content (AvgIpc) is 3.23. The monoisotopic (exact) mass is 415 g/mol. The van der Waals surface area contributed by atoms with E-state index in [2.05, 4.69) is 10.1 Å². The number of esters is 1. The number of pyridine rings is 1. The summed E-state index contributed by atoms with van der Waals surface area (Å²) in [6.45, 7) is 4.86. The summed E-state index contributed by atoms with van der Waals surface area (Å²) < 4.78 is 64.6. The molecule has 0 amide bonds. The summed E-state index contributed by atoms with van der Waals surface area (Å²) in [6, 6.07) is 4.05. The first kappa shape index (κ1) is 21.1. The van der Waals surface area contributed by atoms with Crippen molar-refractivity contribution in [1.29, 1.82) is 0 Å². The fraction of sp³-hybridized carbons (Fsp3) is 0.526. The number of carbonyl (C=O) groups excluding carboxylic acids is 1. The molecule has 3 rings (SSSR count). The number of rotatable bonds is 6. The number of ether oxygens (including phenoxy) is 2. The van der Waals surface area contributed by atoms with E-state index in [1.807, 2.05) is 0 Å². The van der Waals surface area contributed by atoms with Gasteiger partial charge in [0.15, 0.2) is 5.82 Å². The fourth-order valence-corrected chi connectivity index (χ4v) is 2.73. The summed E-state index contributed by atoms with van der Waals surface area (Å²) in [6.07, 6.45) is -2.71. The van der Waals surface area contributed by atoms with Crippen LogP contribution in [0.15, 0.2) is 24.4 Å². The van der Waals surface area contributed by atoms with Gasteiger partial charge in [0.05, 0.1) is 12.0 Å². The number of nitrogens with zero attached hydrogens (tertiary/aromatic N) is 3. The van der Waals surface area contributed by atoms with Gasteiger partial charge in [0.1, 0.15) is 11.2 Å². The fourth-order valence-electron chi connectivity index (χ4n) is 2.73. The third-order valence-corrected chi connectivity index (χ3v) is 4.54. The zero-order valence-corrected chi connectivity index (χ0v) is 16.2. The Hall–Kier alpha value is -2.65. The maximum absolute atomic E-state index is 14.2. The SMILES string of the molecule is CC(C)(C)OC(=O)c1ccc(-n2ccc(OCCC3(C(F)(F)F)CC3)n2)nc1F. The Labute approximate surface area is 164 Å². The second-order valence-corrected chi connectivity index (χ2v) is 7.98. The highest BCUT2D eigenvalue weighted by molar-refractivity contribution is 5.89. The van der Waals surface area contributed by atoms with Crippen LogP contribution >= 0.6 is 0 Å². The molecule has 2 aromatic heterocycles. The summed E-state index contributed by atoms with van der Waals surface area (Å²) in [5, 5.41) is 4.03. The number of aromatic nitrogens is 3. The highest BCUT2D eigenvalue weighted by Crippen LogP contribution is 2.59. The maximum Gasteiger partial charge on any atom is 0.394 e. The largest absolute Gasteiger partial charge is 0.477 e. The van der Waals surface area contributed by atoms with Crippen LogP contribution in [-0.4, -0.2) is 39.1 Å². The van der Waals surface area contributed by atoms with Gasteiger partial charge in [-0.2, -0.15) is 22.5 Å². The molecule has 1 fully saturated rings. The molecule has 0 saturated heterocycles. The molecule has 2 aromatic rings. The molecule has 2 heterocycles. The first-order valence-corrected chi connectivity index (χ1v) is 9.06. The van der Waals surface area contributed by atoms with Crippen molar-refractivity contribution in [3.05, 3.63) is 35.9 Å². The van der Waals surface area contributed by atoms with Crippen LogP contribution in [0.25, 0.3) is 5.82 Å². The van der Waals surface area contributed by atoms with Crippen molar-refractivity contribution in [2.24, 2.45) is 5.41 Å². The maximum atomic E-state index is 14.2. The van der Waals surface area contributed by atoms with Gasteiger partial charge in [-0.25, -0.2) is 9.48 Å². The van der Waals surface area contributed by atoms with Crippen LogP contribution in [-0.2, 0) is 4.74 Å². The Morgan fingerprint density at radius 2 is 1.90 bits per heavy atom. The Bertz CT molecular complexity index is 899. The molecule has 0 bridgehead atoms. The van der Waals surface area contributed by atoms with Crippen LogP contribution in [0.4, 0.5) is 17.6 Å². The Morgan fingerprint density at radius 1 is 1.21 bits per heavy atom. The lowest BCUT2D eigenvalue weighted by Gasteiger charge is -2.19. The topological polar surface area (TPSA) is 66.2 Å². The molecule has 0 spiro atoms. The molecule has 0 N–H and O–H groups in total. The molecule has 0 unspecified atom stereocenters. The molecule has 1 saturated carbocycles. The van der Waals surface area contributed by atoms with Crippen molar-refractivity contribution < 1.29 is 31.8 Å². The zero-order chi connectivity index (χ0) is 21.4. The minimum absolute atomic E-state index is 0.0820. The summed E-state index contributed by atoms with van der Waals surface area (Å²) >= 11 is 0. The number of hydrogen-bond donors (Lipinski definition) is 0. The second kappa shape index (κ2) is 7.31. The molecule has 0 aromatic carbocycles. The van der Waals surface area contributed by atoms with E-state index in [0.29, 0.717) is 0 Å². The quantitative estimate of drug-likeness (QED) is 0.396. The van der Waals surface area contributed by atoms with Crippen molar-refractivity contribution in [1.82, 2.24) is 14.8 Å². The van der Waals surface area contributed by atoms with E-state index in [-0.39, 0.29) is 43.1 Å². The van der Waals surface area contributed by atoms with E-state index in [1.54, 1.807) is 20.8 Å². The van der Waals surface area contributed by atoms with Gasteiger partial charge in [-0.1, -0.05) is 0 Å². The van der Waals surface area contributed by atoms with Gasteiger partial charge in [-0.15, -0.1) is 5.10 Å². The van der Waals surface area contributed by atoms with E-state index in [0.717, 1.165) is 0 Å². The summed E-state index contributed by atoms with van der Waals surface area (Å²) in [5.41, 5.74) is -2.73. The Kier molecular flexibility index (Phi) is 5.31. The standard InChI is InChI=1S/C19H21F4N3O3/c1-17(2,3)29-16(27)12-4-5-13(24-15(12)20)26-10-6-14(25-26)28-11-9-18(7-8-18)19(21,22)23/h4-6,10H,7-9,11H2,1-3H3. The molecule has 1 aliphatic carbocycles. The highest BCUT2D eigenvalue weighted by atomic mass is 19.4. The van der Waals surface area contributed by atoms with Crippen molar-refractivity contribution in [3.63, 3.8) is 0 Å².